The molecule has 0 aliphatic carbocycles. The molecule has 0 bridgehead atoms. The van der Waals surface area contributed by atoms with Crippen molar-refractivity contribution in [1.29, 1.82) is 0 Å². The molecule has 72 valence electrons. The molecule has 0 amide bonds. The predicted molar refractivity (Wildman–Crippen MR) is 54.6 cm³/mol. The maximum atomic E-state index is 5.43. The fourth-order valence-electron chi connectivity index (χ4n) is 1.27. The summed E-state index contributed by atoms with van der Waals surface area (Å²) in [5, 5.41) is 0. The number of hydrogen-bond donors (Lipinski definition) is 2. The summed E-state index contributed by atoms with van der Waals surface area (Å²) >= 11 is 0. The Morgan fingerprint density at radius 3 is 2.42 bits per heavy atom. The molecular weight excluding hydrogens is 148 g/mol. The lowest BCUT2D eigenvalue weighted by atomic mass is 9.97. The van der Waals surface area contributed by atoms with Crippen molar-refractivity contribution in [3.63, 3.8) is 0 Å². The Kier molecular flexibility index (Phi) is 6.03. The molecule has 0 aliphatic rings. The molecule has 2 heteroatoms. The Hall–Kier alpha value is -0.340. The van der Waals surface area contributed by atoms with Gasteiger partial charge in [-0.05, 0) is 25.2 Å². The van der Waals surface area contributed by atoms with Crippen LogP contribution in [0.3, 0.4) is 0 Å². The zero-order valence-electron chi connectivity index (χ0n) is 8.56. The smallest absolute Gasteiger partial charge is 0.0250 e. The van der Waals surface area contributed by atoms with E-state index in [2.05, 4.69) is 32.8 Å². The number of hydrazine groups is 1. The van der Waals surface area contributed by atoms with Crippen LogP contribution in [0.4, 0.5) is 0 Å². The largest absolute Gasteiger partial charge is 0.271 e. The van der Waals surface area contributed by atoms with Crippen molar-refractivity contribution in [3.05, 3.63) is 12.2 Å². The van der Waals surface area contributed by atoms with Gasteiger partial charge in [-0.3, -0.25) is 11.3 Å². The predicted octanol–water partition coefficient (Wildman–Crippen LogP) is 2.22. The lowest BCUT2D eigenvalue weighted by molar-refractivity contribution is 0.420. The zero-order valence-corrected chi connectivity index (χ0v) is 8.56. The third kappa shape index (κ3) is 5.33. The Morgan fingerprint density at radius 1 is 1.50 bits per heavy atom. The molecule has 0 rings (SSSR count). The van der Waals surface area contributed by atoms with Crippen molar-refractivity contribution in [1.82, 2.24) is 5.43 Å². The van der Waals surface area contributed by atoms with Gasteiger partial charge < -0.3 is 0 Å². The average molecular weight is 170 g/mol. The first-order chi connectivity index (χ1) is 5.60. The molecule has 0 saturated carbocycles. The molecule has 1 atom stereocenters. The van der Waals surface area contributed by atoms with E-state index in [1.165, 1.54) is 5.57 Å². The van der Waals surface area contributed by atoms with Crippen molar-refractivity contribution in [2.75, 3.05) is 0 Å². The van der Waals surface area contributed by atoms with E-state index in [0.717, 1.165) is 19.3 Å². The van der Waals surface area contributed by atoms with Crippen LogP contribution in [0.5, 0.6) is 0 Å². The van der Waals surface area contributed by atoms with Gasteiger partial charge in [-0.25, -0.2) is 0 Å². The van der Waals surface area contributed by atoms with E-state index in [9.17, 15) is 0 Å². The molecule has 0 fully saturated rings. The summed E-state index contributed by atoms with van der Waals surface area (Å²) < 4.78 is 0. The quantitative estimate of drug-likeness (QED) is 0.364. The fourth-order valence-corrected chi connectivity index (χ4v) is 1.27. The highest BCUT2D eigenvalue weighted by Gasteiger charge is 2.09. The van der Waals surface area contributed by atoms with Crippen LogP contribution < -0.4 is 11.3 Å². The first-order valence-corrected chi connectivity index (χ1v) is 4.72. The molecule has 2 nitrogen and oxygen atoms in total. The van der Waals surface area contributed by atoms with Gasteiger partial charge in [0.1, 0.15) is 0 Å². The van der Waals surface area contributed by atoms with E-state index in [4.69, 9.17) is 5.84 Å². The molecule has 0 radical (unpaired) electrons. The molecule has 0 aromatic carbocycles. The monoisotopic (exact) mass is 170 g/mol. The van der Waals surface area contributed by atoms with Gasteiger partial charge in [0.2, 0.25) is 0 Å². The van der Waals surface area contributed by atoms with Gasteiger partial charge in [-0.15, -0.1) is 0 Å². The van der Waals surface area contributed by atoms with Crippen LogP contribution >= 0.6 is 0 Å². The summed E-state index contributed by atoms with van der Waals surface area (Å²) in [5.74, 6) is 6.12. The Labute approximate surface area is 76.2 Å². The minimum Gasteiger partial charge on any atom is -0.271 e. The van der Waals surface area contributed by atoms with E-state index < -0.39 is 0 Å². The molecule has 0 saturated heterocycles. The van der Waals surface area contributed by atoms with Crippen LogP contribution in [0, 0.1) is 5.92 Å². The second-order valence-corrected chi connectivity index (χ2v) is 3.80. The van der Waals surface area contributed by atoms with Crippen molar-refractivity contribution in [2.45, 2.75) is 46.1 Å². The second kappa shape index (κ2) is 6.21. The van der Waals surface area contributed by atoms with Crippen LogP contribution in [0.2, 0.25) is 0 Å². The van der Waals surface area contributed by atoms with Crippen LogP contribution in [0.25, 0.3) is 0 Å². The molecule has 0 heterocycles. The van der Waals surface area contributed by atoms with E-state index >= 15 is 0 Å². The van der Waals surface area contributed by atoms with Gasteiger partial charge in [0.05, 0.1) is 0 Å². The van der Waals surface area contributed by atoms with Crippen molar-refractivity contribution >= 4 is 0 Å². The normalized spacial score (nSPS) is 13.4. The van der Waals surface area contributed by atoms with E-state index in [1.807, 2.05) is 0 Å². The van der Waals surface area contributed by atoms with Gasteiger partial charge in [0, 0.05) is 6.04 Å². The first kappa shape index (κ1) is 11.7. The van der Waals surface area contributed by atoms with Gasteiger partial charge in [-0.1, -0.05) is 32.9 Å². The van der Waals surface area contributed by atoms with Gasteiger partial charge >= 0.3 is 0 Å². The molecular formula is C10H22N2. The molecule has 0 aliphatic heterocycles. The van der Waals surface area contributed by atoms with Gasteiger partial charge in [-0.2, -0.15) is 0 Å². The van der Waals surface area contributed by atoms with Gasteiger partial charge in [0.15, 0.2) is 0 Å². The number of nitrogens with one attached hydrogen (secondary N) is 1. The SMILES string of the molecule is C=C(CC)CC(CC(C)C)NN. The zero-order chi connectivity index (χ0) is 9.56. The van der Waals surface area contributed by atoms with E-state index in [-0.39, 0.29) is 0 Å². The third-order valence-corrected chi connectivity index (χ3v) is 2.03. The highest BCUT2D eigenvalue weighted by Crippen LogP contribution is 2.13. The van der Waals surface area contributed by atoms with Crippen LogP contribution in [-0.2, 0) is 0 Å². The maximum absolute atomic E-state index is 5.43. The Balaban J connectivity index is 3.74. The minimum absolute atomic E-state index is 0.400. The molecule has 0 spiro atoms. The lowest BCUT2D eigenvalue weighted by Gasteiger charge is -2.18. The van der Waals surface area contributed by atoms with Crippen molar-refractivity contribution < 1.29 is 0 Å². The summed E-state index contributed by atoms with van der Waals surface area (Å²) in [6, 6.07) is 0.400. The number of hydrogen-bond acceptors (Lipinski definition) is 2. The molecule has 1 unspecified atom stereocenters. The van der Waals surface area contributed by atoms with E-state index in [1.54, 1.807) is 0 Å². The highest BCUT2D eigenvalue weighted by molar-refractivity contribution is 4.96. The van der Waals surface area contributed by atoms with Gasteiger partial charge in [0.25, 0.3) is 0 Å². The number of rotatable bonds is 6. The second-order valence-electron chi connectivity index (χ2n) is 3.80. The number of nitrogens with two attached hydrogens (primary N) is 1. The van der Waals surface area contributed by atoms with Crippen LogP contribution in [0.15, 0.2) is 12.2 Å². The summed E-state index contributed by atoms with van der Waals surface area (Å²) in [6.07, 6.45) is 3.18. The molecule has 12 heavy (non-hydrogen) atoms. The lowest BCUT2D eigenvalue weighted by Crippen LogP contribution is -2.36. The third-order valence-electron chi connectivity index (χ3n) is 2.03. The van der Waals surface area contributed by atoms with Crippen LogP contribution in [0.1, 0.15) is 40.0 Å². The topological polar surface area (TPSA) is 38.0 Å². The standard InChI is InChI=1S/C10H22N2/c1-5-9(4)7-10(12-11)6-8(2)3/h8,10,12H,4-7,11H2,1-3H3. The van der Waals surface area contributed by atoms with Crippen molar-refractivity contribution in [2.24, 2.45) is 11.8 Å². The molecule has 0 aromatic heterocycles. The molecule has 0 aromatic rings. The van der Waals surface area contributed by atoms with Crippen molar-refractivity contribution in [3.8, 4) is 0 Å². The molecule has 3 N–H and O–H groups in total. The fraction of sp³-hybridized carbons (Fsp3) is 0.800. The van der Waals surface area contributed by atoms with E-state index in [0.29, 0.717) is 12.0 Å². The highest BCUT2D eigenvalue weighted by atomic mass is 15.2. The summed E-state index contributed by atoms with van der Waals surface area (Å²) in [7, 11) is 0. The summed E-state index contributed by atoms with van der Waals surface area (Å²) in [4.78, 5) is 0. The Morgan fingerprint density at radius 2 is 2.08 bits per heavy atom. The summed E-state index contributed by atoms with van der Waals surface area (Å²) in [6.45, 7) is 10.5. The Bertz CT molecular complexity index is 130. The first-order valence-electron chi connectivity index (χ1n) is 4.72. The minimum atomic E-state index is 0.400. The summed E-state index contributed by atoms with van der Waals surface area (Å²) in [5.41, 5.74) is 4.11. The maximum Gasteiger partial charge on any atom is 0.0250 e. The van der Waals surface area contributed by atoms with Crippen LogP contribution in [-0.4, -0.2) is 6.04 Å². The average Bonchev–Trinajstić information content (AvgIpc) is 2.02.